The van der Waals surface area contributed by atoms with Crippen LogP contribution in [0.15, 0.2) is 47.5 Å². The monoisotopic (exact) mass is 374 g/mol. The van der Waals surface area contributed by atoms with Crippen molar-refractivity contribution < 1.29 is 18.7 Å². The van der Waals surface area contributed by atoms with Gasteiger partial charge in [-0.25, -0.2) is 4.39 Å². The Hall–Kier alpha value is -2.51. The van der Waals surface area contributed by atoms with E-state index in [0.29, 0.717) is 23.7 Å². The second kappa shape index (κ2) is 8.25. The maximum Gasteiger partial charge on any atom is 0.286 e. The molecule has 0 saturated heterocycles. The van der Waals surface area contributed by atoms with E-state index in [-0.39, 0.29) is 12.4 Å². The number of carbonyl (C=O) groups excluding carboxylic acids is 1. The molecule has 2 aromatic carbocycles. The molecule has 3 aromatic rings. The lowest BCUT2D eigenvalue weighted by Gasteiger charge is -2.06. The topological polar surface area (TPSA) is 52.8 Å². The molecule has 26 heavy (non-hydrogen) atoms. The van der Waals surface area contributed by atoms with E-state index < -0.39 is 5.91 Å². The van der Waals surface area contributed by atoms with Gasteiger partial charge in [-0.2, -0.15) is 4.99 Å². The Morgan fingerprint density at radius 3 is 2.85 bits per heavy atom. The summed E-state index contributed by atoms with van der Waals surface area (Å²) in [5, 5.41) is 0. The van der Waals surface area contributed by atoms with Gasteiger partial charge in [0, 0.05) is 13.7 Å². The third-order valence-corrected chi connectivity index (χ3v) is 4.87. The second-order valence-corrected chi connectivity index (χ2v) is 6.71. The van der Waals surface area contributed by atoms with Crippen molar-refractivity contribution in [1.29, 1.82) is 0 Å². The third kappa shape index (κ3) is 4.17. The average Bonchev–Trinajstić information content (AvgIpc) is 2.95. The predicted octanol–water partition coefficient (Wildman–Crippen LogP) is 3.30. The zero-order chi connectivity index (χ0) is 18.5. The highest BCUT2D eigenvalue weighted by molar-refractivity contribution is 7.16. The predicted molar refractivity (Wildman–Crippen MR) is 98.9 cm³/mol. The molecular formula is C19H19FN2O3S. The van der Waals surface area contributed by atoms with Gasteiger partial charge in [0.2, 0.25) is 0 Å². The van der Waals surface area contributed by atoms with Crippen LogP contribution in [0.5, 0.6) is 5.75 Å². The first kappa shape index (κ1) is 18.3. The van der Waals surface area contributed by atoms with Gasteiger partial charge in [-0.3, -0.25) is 4.79 Å². The summed E-state index contributed by atoms with van der Waals surface area (Å²) in [5.74, 6) is -0.0634. The van der Waals surface area contributed by atoms with Crippen LogP contribution in [0, 0.1) is 12.7 Å². The van der Waals surface area contributed by atoms with E-state index in [1.54, 1.807) is 13.2 Å². The first-order valence-electron chi connectivity index (χ1n) is 8.12. The molecule has 0 spiro atoms. The Kier molecular flexibility index (Phi) is 5.80. The largest absolute Gasteiger partial charge is 0.483 e. The van der Waals surface area contributed by atoms with Crippen molar-refractivity contribution >= 4 is 27.5 Å². The smallest absolute Gasteiger partial charge is 0.286 e. The number of rotatable bonds is 6. The molecule has 0 aliphatic carbocycles. The molecule has 136 valence electrons. The van der Waals surface area contributed by atoms with Crippen LogP contribution in [-0.4, -0.2) is 30.8 Å². The first-order chi connectivity index (χ1) is 12.6. The number of benzene rings is 2. The molecule has 1 heterocycles. The van der Waals surface area contributed by atoms with E-state index >= 15 is 0 Å². The molecular weight excluding hydrogens is 355 g/mol. The van der Waals surface area contributed by atoms with Crippen molar-refractivity contribution in [3.8, 4) is 5.75 Å². The Morgan fingerprint density at radius 1 is 1.27 bits per heavy atom. The number of halogens is 1. The van der Waals surface area contributed by atoms with Gasteiger partial charge in [-0.05, 0) is 36.8 Å². The molecule has 0 N–H and O–H groups in total. The average molecular weight is 374 g/mol. The summed E-state index contributed by atoms with van der Waals surface area (Å²) in [6.07, 6.45) is 0. The standard InChI is InChI=1S/C19H19FN2O3S/c1-13-5-3-4-6-16(13)25-12-18(23)21-19-22(9-10-24-2)15-8-7-14(20)11-17(15)26-19/h3-8,11H,9-10,12H2,1-2H3. The number of aryl methyl sites for hydroxylation is 1. The molecule has 0 aliphatic heterocycles. The van der Waals surface area contributed by atoms with Crippen LogP contribution in [0.25, 0.3) is 10.2 Å². The van der Waals surface area contributed by atoms with Gasteiger partial charge in [0.05, 0.1) is 16.8 Å². The Morgan fingerprint density at radius 2 is 2.08 bits per heavy atom. The van der Waals surface area contributed by atoms with Crippen molar-refractivity contribution in [1.82, 2.24) is 4.57 Å². The van der Waals surface area contributed by atoms with Gasteiger partial charge in [-0.1, -0.05) is 29.5 Å². The lowest BCUT2D eigenvalue weighted by Crippen LogP contribution is -2.21. The number of para-hydroxylation sites is 1. The SMILES string of the molecule is COCCn1c(=NC(=O)COc2ccccc2C)sc2cc(F)ccc21. The third-order valence-electron chi connectivity index (χ3n) is 3.83. The van der Waals surface area contributed by atoms with Crippen LogP contribution in [0.3, 0.4) is 0 Å². The van der Waals surface area contributed by atoms with Crippen LogP contribution >= 0.6 is 11.3 Å². The molecule has 0 bridgehead atoms. The van der Waals surface area contributed by atoms with Crippen molar-refractivity contribution in [3.05, 3.63) is 58.6 Å². The summed E-state index contributed by atoms with van der Waals surface area (Å²) >= 11 is 1.27. The summed E-state index contributed by atoms with van der Waals surface area (Å²) in [6.45, 7) is 2.74. The fourth-order valence-electron chi connectivity index (χ4n) is 2.53. The maximum absolute atomic E-state index is 13.5. The molecule has 1 aromatic heterocycles. The van der Waals surface area contributed by atoms with Crippen LogP contribution in [0.1, 0.15) is 5.56 Å². The number of nitrogens with zero attached hydrogens (tertiary/aromatic N) is 2. The van der Waals surface area contributed by atoms with Crippen LogP contribution in [0.2, 0.25) is 0 Å². The molecule has 3 rings (SSSR count). The van der Waals surface area contributed by atoms with Crippen molar-refractivity contribution in [2.45, 2.75) is 13.5 Å². The quantitative estimate of drug-likeness (QED) is 0.665. The summed E-state index contributed by atoms with van der Waals surface area (Å²) < 4.78 is 26.8. The summed E-state index contributed by atoms with van der Waals surface area (Å²) in [6, 6.07) is 12.0. The summed E-state index contributed by atoms with van der Waals surface area (Å²) in [4.78, 5) is 16.9. The zero-order valence-electron chi connectivity index (χ0n) is 14.6. The number of hydrogen-bond acceptors (Lipinski definition) is 4. The Labute approximate surface area is 154 Å². The molecule has 0 fully saturated rings. The number of ether oxygens (including phenoxy) is 2. The van der Waals surface area contributed by atoms with Gasteiger partial charge in [0.15, 0.2) is 11.4 Å². The summed E-state index contributed by atoms with van der Waals surface area (Å²) in [7, 11) is 1.60. The maximum atomic E-state index is 13.5. The van der Waals surface area contributed by atoms with E-state index in [1.807, 2.05) is 35.8 Å². The fourth-order valence-corrected chi connectivity index (χ4v) is 3.63. The number of aromatic nitrogens is 1. The minimum atomic E-state index is -0.397. The van der Waals surface area contributed by atoms with Crippen molar-refractivity contribution in [2.75, 3.05) is 20.3 Å². The second-order valence-electron chi connectivity index (χ2n) is 5.70. The molecule has 0 atom stereocenters. The number of methoxy groups -OCH3 is 1. The lowest BCUT2D eigenvalue weighted by molar-refractivity contribution is -0.120. The normalized spacial score (nSPS) is 11.9. The van der Waals surface area contributed by atoms with Crippen LogP contribution in [0.4, 0.5) is 4.39 Å². The highest BCUT2D eigenvalue weighted by Crippen LogP contribution is 2.19. The van der Waals surface area contributed by atoms with Gasteiger partial charge < -0.3 is 14.0 Å². The fraction of sp³-hybridized carbons (Fsp3) is 0.263. The summed E-state index contributed by atoms with van der Waals surface area (Å²) in [5.41, 5.74) is 1.77. The number of hydrogen-bond donors (Lipinski definition) is 0. The first-order valence-corrected chi connectivity index (χ1v) is 8.94. The molecule has 0 aliphatic rings. The minimum absolute atomic E-state index is 0.155. The highest BCUT2D eigenvalue weighted by Gasteiger charge is 2.10. The molecule has 1 amide bonds. The van der Waals surface area contributed by atoms with Gasteiger partial charge in [0.25, 0.3) is 5.91 Å². The van der Waals surface area contributed by atoms with E-state index in [0.717, 1.165) is 15.8 Å². The van der Waals surface area contributed by atoms with Gasteiger partial charge in [-0.15, -0.1) is 0 Å². The van der Waals surface area contributed by atoms with Crippen molar-refractivity contribution in [3.63, 3.8) is 0 Å². The lowest BCUT2D eigenvalue weighted by atomic mass is 10.2. The van der Waals surface area contributed by atoms with E-state index in [2.05, 4.69) is 4.99 Å². The Balaban J connectivity index is 1.87. The van der Waals surface area contributed by atoms with Gasteiger partial charge >= 0.3 is 0 Å². The van der Waals surface area contributed by atoms with Crippen molar-refractivity contribution in [2.24, 2.45) is 4.99 Å². The highest BCUT2D eigenvalue weighted by atomic mass is 32.1. The minimum Gasteiger partial charge on any atom is -0.483 e. The Bertz CT molecular complexity index is 994. The number of amides is 1. The molecule has 0 radical (unpaired) electrons. The van der Waals surface area contributed by atoms with E-state index in [1.165, 1.54) is 23.5 Å². The van der Waals surface area contributed by atoms with E-state index in [9.17, 15) is 9.18 Å². The molecule has 7 heteroatoms. The number of carbonyl (C=O) groups is 1. The number of fused-ring (bicyclic) bond motifs is 1. The van der Waals surface area contributed by atoms with Crippen LogP contribution < -0.4 is 9.54 Å². The zero-order valence-corrected chi connectivity index (χ0v) is 15.4. The molecule has 0 unspecified atom stereocenters. The van der Waals surface area contributed by atoms with Gasteiger partial charge in [0.1, 0.15) is 11.6 Å². The molecule has 0 saturated carbocycles. The number of thiazole rings is 1. The van der Waals surface area contributed by atoms with Crippen LogP contribution in [-0.2, 0) is 16.1 Å². The van der Waals surface area contributed by atoms with E-state index in [4.69, 9.17) is 9.47 Å². The molecule has 5 nitrogen and oxygen atoms in total.